The second-order valence-corrected chi connectivity index (χ2v) is 7.97. The zero-order valence-corrected chi connectivity index (χ0v) is 14.3. The Labute approximate surface area is 136 Å². The monoisotopic (exact) mass is 371 g/mol. The molecule has 0 fully saturated rings. The molecular weight excluding hydrogens is 354 g/mol. The van der Waals surface area contributed by atoms with Crippen LogP contribution in [-0.4, -0.2) is 32.9 Å². The second-order valence-electron chi connectivity index (χ2n) is 6.01. The third kappa shape index (κ3) is 4.83. The largest absolute Gasteiger partial charge is 0.444 e. The summed E-state index contributed by atoms with van der Waals surface area (Å²) in [7, 11) is -4.50. The van der Waals surface area contributed by atoms with Crippen LogP contribution in [0.2, 0.25) is 0 Å². The van der Waals surface area contributed by atoms with E-state index in [2.05, 4.69) is 5.32 Å². The molecule has 1 rings (SSSR count). The van der Waals surface area contributed by atoms with E-state index in [1.807, 2.05) is 0 Å². The lowest BCUT2D eigenvalue weighted by Gasteiger charge is -2.19. The van der Waals surface area contributed by atoms with Crippen LogP contribution in [0.15, 0.2) is 4.90 Å². The van der Waals surface area contributed by atoms with Crippen LogP contribution in [0.5, 0.6) is 0 Å². The van der Waals surface area contributed by atoms with Crippen molar-refractivity contribution in [3.05, 3.63) is 28.8 Å². The topological polar surface area (TPSA) is 72.5 Å². The van der Waals surface area contributed by atoms with E-state index in [9.17, 15) is 30.8 Å². The molecule has 0 aliphatic carbocycles. The number of halogens is 4. The summed E-state index contributed by atoms with van der Waals surface area (Å²) < 4.78 is 82.5. The first-order chi connectivity index (χ1) is 10.8. The van der Waals surface area contributed by atoms with Gasteiger partial charge in [0.2, 0.25) is 0 Å². The predicted octanol–water partition coefficient (Wildman–Crippen LogP) is 2.71. The van der Waals surface area contributed by atoms with E-state index in [1.54, 1.807) is 20.8 Å². The van der Waals surface area contributed by atoms with Crippen molar-refractivity contribution < 1.29 is 35.5 Å². The van der Waals surface area contributed by atoms with Crippen LogP contribution >= 0.6 is 0 Å². The third-order valence-corrected chi connectivity index (χ3v) is 3.83. The molecule has 1 amide bonds. The molecule has 0 bridgehead atoms. The Morgan fingerprint density at radius 2 is 1.50 bits per heavy atom. The van der Waals surface area contributed by atoms with Crippen LogP contribution in [0.1, 0.15) is 26.3 Å². The third-order valence-electron chi connectivity index (χ3n) is 2.73. The number of amides is 1. The summed E-state index contributed by atoms with van der Waals surface area (Å²) in [6.45, 7) is 4.42. The molecule has 0 aromatic heterocycles. The van der Waals surface area contributed by atoms with Gasteiger partial charge in [0.15, 0.2) is 33.1 Å². The minimum absolute atomic E-state index is 0.375. The first-order valence-corrected chi connectivity index (χ1v) is 8.66. The number of carbonyl (C=O) groups excluding carboxylic acids is 1. The van der Waals surface area contributed by atoms with Crippen molar-refractivity contribution in [3.63, 3.8) is 0 Å². The van der Waals surface area contributed by atoms with Crippen molar-refractivity contribution in [1.29, 1.82) is 0 Å². The molecule has 5 nitrogen and oxygen atoms in total. The highest BCUT2D eigenvalue weighted by atomic mass is 32.2. The van der Waals surface area contributed by atoms with Gasteiger partial charge in [-0.05, 0) is 27.2 Å². The predicted molar refractivity (Wildman–Crippen MR) is 77.3 cm³/mol. The zero-order chi connectivity index (χ0) is 18.9. The van der Waals surface area contributed by atoms with Crippen molar-refractivity contribution in [2.45, 2.75) is 37.7 Å². The summed E-state index contributed by atoms with van der Waals surface area (Å²) in [4.78, 5) is 9.72. The van der Waals surface area contributed by atoms with Crippen molar-refractivity contribution in [2.24, 2.45) is 0 Å². The summed E-state index contributed by atoms with van der Waals surface area (Å²) in [5, 5.41) is 2.17. The number of ether oxygens (including phenoxy) is 1. The van der Waals surface area contributed by atoms with Gasteiger partial charge in [0.1, 0.15) is 10.5 Å². The van der Waals surface area contributed by atoms with Gasteiger partial charge >= 0.3 is 6.09 Å². The van der Waals surface area contributed by atoms with Gasteiger partial charge in [-0.15, -0.1) is 0 Å². The van der Waals surface area contributed by atoms with Gasteiger partial charge in [0.05, 0.1) is 0 Å². The van der Waals surface area contributed by atoms with Gasteiger partial charge in [0, 0.05) is 18.4 Å². The molecular formula is C14H17F4NO4S. The Morgan fingerprint density at radius 3 is 1.88 bits per heavy atom. The SMILES string of the molecule is CC(C)(C)OC(=O)NCCc1c(F)c(F)c(S(C)(=O)=O)c(F)c1F. The summed E-state index contributed by atoms with van der Waals surface area (Å²) >= 11 is 0. The van der Waals surface area contributed by atoms with E-state index in [-0.39, 0.29) is 6.54 Å². The number of alkyl carbamates (subject to hydrolysis) is 1. The number of carbonyl (C=O) groups is 1. The molecule has 0 spiro atoms. The van der Waals surface area contributed by atoms with Gasteiger partial charge in [0.25, 0.3) is 0 Å². The van der Waals surface area contributed by atoms with E-state index >= 15 is 0 Å². The molecule has 136 valence electrons. The molecule has 0 atom stereocenters. The summed E-state index contributed by atoms with van der Waals surface area (Å²) in [5.74, 6) is -7.63. The lowest BCUT2D eigenvalue weighted by molar-refractivity contribution is 0.0528. The van der Waals surface area contributed by atoms with Crippen LogP contribution in [0, 0.1) is 23.3 Å². The lowest BCUT2D eigenvalue weighted by Crippen LogP contribution is -2.33. The Kier molecular flexibility index (Phi) is 5.86. The number of nitrogens with one attached hydrogen (secondary N) is 1. The molecule has 0 aliphatic heterocycles. The average molecular weight is 371 g/mol. The highest BCUT2D eigenvalue weighted by molar-refractivity contribution is 7.90. The molecule has 0 heterocycles. The fraction of sp³-hybridized carbons (Fsp3) is 0.500. The number of rotatable bonds is 4. The van der Waals surface area contributed by atoms with Gasteiger partial charge in [-0.25, -0.2) is 30.8 Å². The van der Waals surface area contributed by atoms with Gasteiger partial charge in [-0.3, -0.25) is 0 Å². The van der Waals surface area contributed by atoms with Crippen molar-refractivity contribution in [1.82, 2.24) is 5.32 Å². The Balaban J connectivity index is 3.01. The first-order valence-electron chi connectivity index (χ1n) is 6.77. The summed E-state index contributed by atoms with van der Waals surface area (Å²) in [6.07, 6.45) is -1.05. The standard InChI is InChI=1S/C14H17F4NO4S/c1-14(2,3)23-13(20)19-6-5-7-8(15)10(17)12(24(4,21)22)11(18)9(7)16/h5-6H2,1-4H3,(H,19,20). The molecule has 0 aliphatic rings. The maximum Gasteiger partial charge on any atom is 0.407 e. The minimum atomic E-state index is -4.50. The Morgan fingerprint density at radius 1 is 1.04 bits per heavy atom. The van der Waals surface area contributed by atoms with Crippen LogP contribution in [0.4, 0.5) is 22.4 Å². The summed E-state index contributed by atoms with van der Waals surface area (Å²) in [5.41, 5.74) is -1.80. The van der Waals surface area contributed by atoms with Crippen LogP contribution in [-0.2, 0) is 21.0 Å². The molecule has 1 N–H and O–H groups in total. The van der Waals surface area contributed by atoms with Gasteiger partial charge < -0.3 is 10.1 Å². The van der Waals surface area contributed by atoms with Crippen LogP contribution in [0.3, 0.4) is 0 Å². The molecule has 10 heteroatoms. The van der Waals surface area contributed by atoms with E-state index in [0.29, 0.717) is 6.26 Å². The highest BCUT2D eigenvalue weighted by Gasteiger charge is 2.30. The average Bonchev–Trinajstić information content (AvgIpc) is 2.37. The Hall–Kier alpha value is -1.84. The Bertz CT molecular complexity index is 728. The molecule has 1 aromatic carbocycles. The number of benzene rings is 1. The molecule has 0 saturated heterocycles. The smallest absolute Gasteiger partial charge is 0.407 e. The quantitative estimate of drug-likeness (QED) is 0.653. The number of hydrogen-bond acceptors (Lipinski definition) is 4. The van der Waals surface area contributed by atoms with Crippen LogP contribution < -0.4 is 5.32 Å². The zero-order valence-electron chi connectivity index (χ0n) is 13.5. The van der Waals surface area contributed by atoms with Gasteiger partial charge in [-0.1, -0.05) is 0 Å². The molecule has 24 heavy (non-hydrogen) atoms. The fourth-order valence-corrected chi connectivity index (χ4v) is 2.64. The maximum atomic E-state index is 13.8. The molecule has 0 radical (unpaired) electrons. The summed E-state index contributed by atoms with van der Waals surface area (Å²) in [6, 6.07) is 0. The van der Waals surface area contributed by atoms with Crippen LogP contribution in [0.25, 0.3) is 0 Å². The molecule has 0 unspecified atom stereocenters. The lowest BCUT2D eigenvalue weighted by atomic mass is 10.1. The van der Waals surface area contributed by atoms with Crippen molar-refractivity contribution in [2.75, 3.05) is 12.8 Å². The fourth-order valence-electron chi connectivity index (χ4n) is 1.81. The second kappa shape index (κ2) is 6.96. The molecule has 1 aromatic rings. The highest BCUT2D eigenvalue weighted by Crippen LogP contribution is 2.27. The van der Waals surface area contributed by atoms with E-state index in [4.69, 9.17) is 4.74 Å². The molecule has 0 saturated carbocycles. The van der Waals surface area contributed by atoms with E-state index in [0.717, 1.165) is 0 Å². The maximum absolute atomic E-state index is 13.8. The van der Waals surface area contributed by atoms with Crippen molar-refractivity contribution >= 4 is 15.9 Å². The van der Waals surface area contributed by atoms with Gasteiger partial charge in [-0.2, -0.15) is 0 Å². The number of sulfone groups is 1. The first kappa shape index (κ1) is 20.2. The normalized spacial score (nSPS) is 12.2. The van der Waals surface area contributed by atoms with Crippen molar-refractivity contribution in [3.8, 4) is 0 Å². The van der Waals surface area contributed by atoms with E-state index < -0.39 is 61.7 Å². The van der Waals surface area contributed by atoms with E-state index in [1.165, 1.54) is 0 Å². The number of hydrogen-bond donors (Lipinski definition) is 1. The minimum Gasteiger partial charge on any atom is -0.444 e.